The van der Waals surface area contributed by atoms with Crippen molar-refractivity contribution in [3.8, 4) is 16.3 Å². The minimum atomic E-state index is -0.971. The average molecular weight is 678 g/mol. The van der Waals surface area contributed by atoms with E-state index in [0.717, 1.165) is 56.2 Å². The highest BCUT2D eigenvalue weighted by atomic mass is 32.2. The largest absolute Gasteiger partial charge is 0.491 e. The fourth-order valence-electron chi connectivity index (χ4n) is 5.78. The molecule has 3 heterocycles. The monoisotopic (exact) mass is 677 g/mol. The van der Waals surface area contributed by atoms with Crippen LogP contribution in [-0.2, 0) is 22.5 Å². The molecule has 0 bridgehead atoms. The van der Waals surface area contributed by atoms with Crippen LogP contribution in [0.4, 0.5) is 4.79 Å². The van der Waals surface area contributed by atoms with E-state index in [4.69, 9.17) is 9.47 Å². The number of carboxylic acids is 1. The maximum absolute atomic E-state index is 12.9. The highest BCUT2D eigenvalue weighted by Gasteiger charge is 2.34. The van der Waals surface area contributed by atoms with Gasteiger partial charge in [-0.05, 0) is 71.2 Å². The number of likely N-dealkylation sites (tertiary alicyclic amines) is 1. The van der Waals surface area contributed by atoms with Crippen LogP contribution in [0.5, 0.6) is 5.75 Å². The summed E-state index contributed by atoms with van der Waals surface area (Å²) in [5.74, 6) is -0.109. The molecule has 0 radical (unpaired) electrons. The Kier molecular flexibility index (Phi) is 10.0. The smallest absolute Gasteiger partial charge is 0.410 e. The quantitative estimate of drug-likeness (QED) is 0.167. The van der Waals surface area contributed by atoms with E-state index in [-0.39, 0.29) is 16.9 Å². The van der Waals surface area contributed by atoms with Crippen LogP contribution in [0.15, 0.2) is 58.9 Å². The number of thiazole rings is 1. The van der Waals surface area contributed by atoms with Gasteiger partial charge < -0.3 is 24.0 Å². The van der Waals surface area contributed by atoms with Gasteiger partial charge in [0.1, 0.15) is 23.0 Å². The van der Waals surface area contributed by atoms with Crippen LogP contribution in [0.2, 0.25) is 0 Å². The number of aliphatic carboxylic acids is 1. The van der Waals surface area contributed by atoms with Crippen molar-refractivity contribution in [2.45, 2.75) is 102 Å². The number of hydrogen-bond acceptors (Lipinski definition) is 7. The summed E-state index contributed by atoms with van der Waals surface area (Å²) < 4.78 is 14.2. The van der Waals surface area contributed by atoms with Gasteiger partial charge in [-0.25, -0.2) is 9.78 Å². The lowest BCUT2D eigenvalue weighted by atomic mass is 9.88. The second-order valence-corrected chi connectivity index (χ2v) is 17.7. The Balaban J connectivity index is 1.51. The number of thioether (sulfide) groups is 1. The van der Waals surface area contributed by atoms with E-state index in [2.05, 4.69) is 66.7 Å². The number of ether oxygens (including phenoxy) is 2. The fraction of sp³-hybridized carbons (Fsp3) is 0.486. The highest BCUT2D eigenvalue weighted by Crippen LogP contribution is 2.44. The van der Waals surface area contributed by atoms with E-state index >= 15 is 0 Å². The van der Waals surface area contributed by atoms with Crippen molar-refractivity contribution >= 4 is 46.1 Å². The molecular weight excluding hydrogens is 631 g/mol. The van der Waals surface area contributed by atoms with Crippen molar-refractivity contribution < 1.29 is 24.2 Å². The van der Waals surface area contributed by atoms with E-state index in [1.807, 2.05) is 38.4 Å². The summed E-state index contributed by atoms with van der Waals surface area (Å²) in [6, 6.07) is 14.5. The van der Waals surface area contributed by atoms with E-state index in [1.54, 1.807) is 41.8 Å². The zero-order valence-electron chi connectivity index (χ0n) is 28.8. The molecule has 10 heteroatoms. The predicted octanol–water partition coefficient (Wildman–Crippen LogP) is 9.14. The van der Waals surface area contributed by atoms with Gasteiger partial charge in [0.25, 0.3) is 0 Å². The molecule has 2 aromatic carbocycles. The molecule has 5 rings (SSSR count). The molecule has 1 fully saturated rings. The average Bonchev–Trinajstić information content (AvgIpc) is 3.73. The molecule has 1 aliphatic heterocycles. The molecule has 1 saturated heterocycles. The Labute approximate surface area is 286 Å². The fourth-order valence-corrected chi connectivity index (χ4v) is 7.61. The number of fused-ring (bicyclic) bond motifs is 1. The van der Waals surface area contributed by atoms with Gasteiger partial charge >= 0.3 is 12.1 Å². The predicted molar refractivity (Wildman–Crippen MR) is 191 cm³/mol. The van der Waals surface area contributed by atoms with E-state index in [9.17, 15) is 14.7 Å². The third-order valence-corrected chi connectivity index (χ3v) is 10.2. The number of hydrogen-bond donors (Lipinski definition) is 1. The van der Waals surface area contributed by atoms with Crippen molar-refractivity contribution in [2.24, 2.45) is 5.41 Å². The molecule has 1 amide bonds. The van der Waals surface area contributed by atoms with E-state index < -0.39 is 17.0 Å². The molecule has 0 spiro atoms. The Hall–Kier alpha value is -3.50. The summed E-state index contributed by atoms with van der Waals surface area (Å²) in [5.41, 5.74) is 2.70. The summed E-state index contributed by atoms with van der Waals surface area (Å²) in [6.45, 7) is 17.4. The molecule has 0 unspecified atom stereocenters. The summed E-state index contributed by atoms with van der Waals surface area (Å²) in [7, 11) is 0. The van der Waals surface area contributed by atoms with Gasteiger partial charge in [-0.3, -0.25) is 4.79 Å². The van der Waals surface area contributed by atoms with Gasteiger partial charge in [-0.1, -0.05) is 45.0 Å². The lowest BCUT2D eigenvalue weighted by molar-refractivity contribution is -0.146. The van der Waals surface area contributed by atoms with Gasteiger partial charge in [0.15, 0.2) is 0 Å². The lowest BCUT2D eigenvalue weighted by Gasteiger charge is -2.28. The normalized spacial score (nSPS) is 15.7. The number of aromatic nitrogens is 2. The van der Waals surface area contributed by atoms with E-state index in [0.29, 0.717) is 26.1 Å². The van der Waals surface area contributed by atoms with Crippen LogP contribution < -0.4 is 4.74 Å². The molecule has 1 N–H and O–H groups in total. The number of rotatable bonds is 10. The Morgan fingerprint density at radius 2 is 1.77 bits per heavy atom. The molecule has 8 nitrogen and oxygen atoms in total. The standard InChI is InChI=1S/C37H47N3O5S2/c1-35(2,3)45-34(43)39-18-9-10-26(39)23-44-27-15-16-29-28(20-27)31(47-36(4,5)6)30(21-37(7,8)33(41)42)40(29)22-24-11-13-25(14-12-24)32-38-17-19-46-32/h11-17,19-20,26H,9-10,18,21-23H2,1-8H3,(H,41,42)/t26-/m0/s1. The molecular formula is C37H47N3O5S2. The minimum absolute atomic E-state index is 0.0622. The van der Waals surface area contributed by atoms with Gasteiger partial charge in [0.2, 0.25) is 0 Å². The molecule has 47 heavy (non-hydrogen) atoms. The Bertz CT molecular complexity index is 1710. The third-order valence-electron chi connectivity index (χ3n) is 8.11. The van der Waals surface area contributed by atoms with Gasteiger partial charge in [-0.2, -0.15) is 0 Å². The zero-order valence-corrected chi connectivity index (χ0v) is 30.4. The number of amides is 1. The van der Waals surface area contributed by atoms with Crippen LogP contribution in [0.3, 0.4) is 0 Å². The summed E-state index contributed by atoms with van der Waals surface area (Å²) >= 11 is 3.37. The Morgan fingerprint density at radius 3 is 2.38 bits per heavy atom. The van der Waals surface area contributed by atoms with E-state index in [1.165, 1.54) is 0 Å². The van der Waals surface area contributed by atoms with Crippen LogP contribution in [-0.4, -0.2) is 61.2 Å². The van der Waals surface area contributed by atoms with Gasteiger partial charge in [0.05, 0.1) is 11.5 Å². The topological polar surface area (TPSA) is 93.9 Å². The molecule has 1 aliphatic rings. The SMILES string of the molecule is CC(C)(C)OC(=O)N1CCC[C@H]1COc1ccc2c(c1)c(SC(C)(C)C)c(CC(C)(C)C(=O)O)n2Cc1ccc(-c2nccs2)cc1. The summed E-state index contributed by atoms with van der Waals surface area (Å²) in [5, 5.41) is 14.2. The molecule has 2 aromatic heterocycles. The number of nitrogens with zero attached hydrogens (tertiary/aromatic N) is 3. The number of carbonyl (C=O) groups is 2. The molecule has 0 saturated carbocycles. The summed E-state index contributed by atoms with van der Waals surface area (Å²) in [6.07, 6.45) is 3.65. The number of benzene rings is 2. The first kappa shape index (κ1) is 34.8. The first-order valence-corrected chi connectivity index (χ1v) is 17.9. The van der Waals surface area contributed by atoms with Crippen molar-refractivity contribution in [3.63, 3.8) is 0 Å². The maximum Gasteiger partial charge on any atom is 0.410 e. The van der Waals surface area contributed by atoms with Crippen LogP contribution in [0.25, 0.3) is 21.5 Å². The van der Waals surface area contributed by atoms with Crippen LogP contribution in [0, 0.1) is 5.41 Å². The number of carbonyl (C=O) groups excluding carboxylic acids is 1. The molecule has 252 valence electrons. The van der Waals surface area contributed by atoms with Crippen molar-refractivity contribution in [3.05, 3.63) is 65.3 Å². The van der Waals surface area contributed by atoms with Crippen molar-refractivity contribution in [1.29, 1.82) is 0 Å². The van der Waals surface area contributed by atoms with Gasteiger partial charge in [-0.15, -0.1) is 23.1 Å². The second kappa shape index (κ2) is 13.5. The lowest BCUT2D eigenvalue weighted by Crippen LogP contribution is -2.42. The molecule has 1 atom stereocenters. The second-order valence-electron chi connectivity index (χ2n) is 14.9. The maximum atomic E-state index is 12.9. The van der Waals surface area contributed by atoms with Crippen LogP contribution in [0.1, 0.15) is 79.5 Å². The van der Waals surface area contributed by atoms with Crippen molar-refractivity contribution in [1.82, 2.24) is 14.5 Å². The minimum Gasteiger partial charge on any atom is -0.491 e. The van der Waals surface area contributed by atoms with Crippen LogP contribution >= 0.6 is 23.1 Å². The first-order chi connectivity index (χ1) is 22.0. The molecule has 0 aliphatic carbocycles. The molecule has 4 aromatic rings. The van der Waals surface area contributed by atoms with Crippen molar-refractivity contribution in [2.75, 3.05) is 13.2 Å². The van der Waals surface area contributed by atoms with Gasteiger partial charge in [0, 0.05) is 62.9 Å². The first-order valence-electron chi connectivity index (χ1n) is 16.2. The number of carboxylic acid groups (broad SMARTS) is 1. The highest BCUT2D eigenvalue weighted by molar-refractivity contribution is 8.00. The summed E-state index contributed by atoms with van der Waals surface area (Å²) in [4.78, 5) is 32.6. The Morgan fingerprint density at radius 1 is 1.04 bits per heavy atom. The zero-order chi connectivity index (χ0) is 34.1. The third kappa shape index (κ3) is 8.51.